The minimum Gasteiger partial charge on any atom is -0.497 e. The van der Waals surface area contributed by atoms with Crippen LogP contribution in [0.1, 0.15) is 10.4 Å². The summed E-state index contributed by atoms with van der Waals surface area (Å²) in [7, 11) is 3.00. The molecule has 8 nitrogen and oxygen atoms in total. The van der Waals surface area contributed by atoms with E-state index in [4.69, 9.17) is 21.1 Å². The van der Waals surface area contributed by atoms with E-state index in [1.54, 1.807) is 30.3 Å². The van der Waals surface area contributed by atoms with Gasteiger partial charge in [-0.3, -0.25) is 14.4 Å². The largest absolute Gasteiger partial charge is 0.497 e. The zero-order valence-electron chi connectivity index (χ0n) is 18.6. The minimum atomic E-state index is -0.840. The summed E-state index contributed by atoms with van der Waals surface area (Å²) in [6, 6.07) is 16.5. The molecule has 3 amide bonds. The maximum absolute atomic E-state index is 14.2. The molecule has 2 N–H and O–H groups in total. The molecule has 0 fully saturated rings. The third-order valence-corrected chi connectivity index (χ3v) is 5.54. The molecule has 10 heteroatoms. The van der Waals surface area contributed by atoms with Crippen LogP contribution in [-0.4, -0.2) is 31.9 Å². The first-order chi connectivity index (χ1) is 16.8. The van der Waals surface area contributed by atoms with Crippen LogP contribution >= 0.6 is 11.6 Å². The molecular formula is C25H19ClFN3O5. The Morgan fingerprint density at radius 3 is 2.31 bits per heavy atom. The predicted octanol–water partition coefficient (Wildman–Crippen LogP) is 4.53. The molecule has 35 heavy (non-hydrogen) atoms. The first-order valence-corrected chi connectivity index (χ1v) is 10.7. The summed E-state index contributed by atoms with van der Waals surface area (Å²) in [4.78, 5) is 38.7. The second-order valence-electron chi connectivity index (χ2n) is 7.31. The van der Waals surface area contributed by atoms with Gasteiger partial charge in [0.25, 0.3) is 17.7 Å². The predicted molar refractivity (Wildman–Crippen MR) is 129 cm³/mol. The van der Waals surface area contributed by atoms with Crippen LogP contribution in [0, 0.1) is 5.82 Å². The first-order valence-electron chi connectivity index (χ1n) is 10.3. The summed E-state index contributed by atoms with van der Waals surface area (Å²) in [6.45, 7) is 0. The standard InChI is InChI=1S/C25H19ClFN3O5/c1-34-16-11-12-20(35-2)18(13-16)29-23(31)14-7-9-15(10-8-14)28-22-21(26)24(32)30(25(22)33)19-6-4-3-5-17(19)27/h3-13,28H,1-2H3,(H,29,31). The molecule has 0 atom stereocenters. The molecule has 178 valence electrons. The van der Waals surface area contributed by atoms with Gasteiger partial charge in [0.1, 0.15) is 28.0 Å². The van der Waals surface area contributed by atoms with Gasteiger partial charge in [-0.25, -0.2) is 9.29 Å². The summed E-state index contributed by atoms with van der Waals surface area (Å²) in [5.41, 5.74) is 0.752. The highest BCUT2D eigenvalue weighted by atomic mass is 35.5. The number of ether oxygens (including phenoxy) is 2. The van der Waals surface area contributed by atoms with E-state index in [2.05, 4.69) is 10.6 Å². The fourth-order valence-corrected chi connectivity index (χ4v) is 3.63. The van der Waals surface area contributed by atoms with Crippen molar-refractivity contribution in [3.63, 3.8) is 0 Å². The number of hydrogen-bond donors (Lipinski definition) is 2. The van der Waals surface area contributed by atoms with Crippen LogP contribution in [0.25, 0.3) is 0 Å². The number of nitrogens with one attached hydrogen (secondary N) is 2. The average Bonchev–Trinajstić information content (AvgIpc) is 3.07. The monoisotopic (exact) mass is 495 g/mol. The molecule has 0 aromatic heterocycles. The molecule has 3 aromatic rings. The van der Waals surface area contributed by atoms with E-state index < -0.39 is 23.5 Å². The van der Waals surface area contributed by atoms with Crippen LogP contribution < -0.4 is 25.0 Å². The number of methoxy groups -OCH3 is 2. The Balaban J connectivity index is 1.50. The van der Waals surface area contributed by atoms with E-state index in [0.29, 0.717) is 33.3 Å². The highest BCUT2D eigenvalue weighted by Gasteiger charge is 2.40. The zero-order chi connectivity index (χ0) is 25.1. The van der Waals surface area contributed by atoms with Gasteiger partial charge in [0, 0.05) is 17.3 Å². The lowest BCUT2D eigenvalue weighted by Crippen LogP contribution is -2.33. The van der Waals surface area contributed by atoms with Gasteiger partial charge in [-0.05, 0) is 48.5 Å². The van der Waals surface area contributed by atoms with Crippen LogP contribution in [0.3, 0.4) is 0 Å². The molecule has 1 aliphatic rings. The molecule has 0 saturated carbocycles. The van der Waals surface area contributed by atoms with Crippen molar-refractivity contribution in [1.29, 1.82) is 0 Å². The Kier molecular flexibility index (Phi) is 6.70. The molecule has 1 aliphatic heterocycles. The Morgan fingerprint density at radius 2 is 1.66 bits per heavy atom. The molecule has 0 saturated heterocycles. The minimum absolute atomic E-state index is 0.196. The van der Waals surface area contributed by atoms with Crippen molar-refractivity contribution in [2.75, 3.05) is 29.8 Å². The molecule has 4 rings (SSSR count). The van der Waals surface area contributed by atoms with Gasteiger partial charge < -0.3 is 20.1 Å². The topological polar surface area (TPSA) is 97.0 Å². The Labute approximate surface area is 204 Å². The van der Waals surface area contributed by atoms with Crippen LogP contribution in [0.5, 0.6) is 11.5 Å². The fraction of sp³-hybridized carbons (Fsp3) is 0.0800. The number of amides is 3. The van der Waals surface area contributed by atoms with E-state index in [-0.39, 0.29) is 16.4 Å². The molecule has 0 spiro atoms. The first kappa shape index (κ1) is 23.8. The third kappa shape index (κ3) is 4.67. The number of hydrogen-bond acceptors (Lipinski definition) is 6. The van der Waals surface area contributed by atoms with Crippen molar-refractivity contribution in [3.05, 3.63) is 88.8 Å². The fourth-order valence-electron chi connectivity index (χ4n) is 3.42. The van der Waals surface area contributed by atoms with E-state index >= 15 is 0 Å². The highest BCUT2D eigenvalue weighted by Crippen LogP contribution is 2.32. The molecule has 3 aromatic carbocycles. The lowest BCUT2D eigenvalue weighted by Gasteiger charge is -2.15. The van der Waals surface area contributed by atoms with Crippen molar-refractivity contribution < 1.29 is 28.2 Å². The van der Waals surface area contributed by atoms with E-state index in [0.717, 1.165) is 6.07 Å². The highest BCUT2D eigenvalue weighted by molar-refractivity contribution is 6.53. The number of carbonyl (C=O) groups excluding carboxylic acids is 3. The van der Waals surface area contributed by atoms with Crippen molar-refractivity contribution in [2.45, 2.75) is 0 Å². The number of carbonyl (C=O) groups is 3. The van der Waals surface area contributed by atoms with Gasteiger partial charge in [0.15, 0.2) is 0 Å². The normalized spacial score (nSPS) is 13.2. The van der Waals surface area contributed by atoms with Crippen LogP contribution in [0.15, 0.2) is 77.5 Å². The second-order valence-corrected chi connectivity index (χ2v) is 7.69. The third-order valence-electron chi connectivity index (χ3n) is 5.19. The second kappa shape index (κ2) is 9.86. The maximum Gasteiger partial charge on any atom is 0.283 e. The average molecular weight is 496 g/mol. The SMILES string of the molecule is COc1ccc(OC)c(NC(=O)c2ccc(NC3=C(Cl)C(=O)N(c4ccccc4F)C3=O)cc2)c1. The molecule has 0 aliphatic carbocycles. The molecule has 0 unspecified atom stereocenters. The number of benzene rings is 3. The van der Waals surface area contributed by atoms with Crippen molar-refractivity contribution in [1.82, 2.24) is 0 Å². The number of anilines is 3. The van der Waals surface area contributed by atoms with E-state index in [1.165, 1.54) is 44.6 Å². The molecular weight excluding hydrogens is 477 g/mol. The number of nitrogens with zero attached hydrogens (tertiary/aromatic N) is 1. The zero-order valence-corrected chi connectivity index (χ0v) is 19.4. The van der Waals surface area contributed by atoms with Crippen molar-refractivity contribution >= 4 is 46.4 Å². The van der Waals surface area contributed by atoms with Crippen molar-refractivity contribution in [3.8, 4) is 11.5 Å². The van der Waals surface area contributed by atoms with Gasteiger partial charge in [-0.2, -0.15) is 0 Å². The van der Waals surface area contributed by atoms with E-state index in [1.807, 2.05) is 0 Å². The number of para-hydroxylation sites is 1. The summed E-state index contributed by atoms with van der Waals surface area (Å²) in [5.74, 6) is -1.76. The quantitative estimate of drug-likeness (QED) is 0.467. The number of rotatable bonds is 7. The van der Waals surface area contributed by atoms with Gasteiger partial charge >= 0.3 is 0 Å². The molecule has 1 heterocycles. The maximum atomic E-state index is 14.2. The van der Waals surface area contributed by atoms with Crippen LogP contribution in [0.2, 0.25) is 0 Å². The number of imide groups is 1. The number of halogens is 2. The Morgan fingerprint density at radius 1 is 0.943 bits per heavy atom. The summed E-state index contributed by atoms with van der Waals surface area (Å²) >= 11 is 6.09. The van der Waals surface area contributed by atoms with Gasteiger partial charge in [0.05, 0.1) is 25.6 Å². The summed E-state index contributed by atoms with van der Waals surface area (Å²) in [5, 5.41) is 5.17. The lowest BCUT2D eigenvalue weighted by molar-refractivity contribution is -0.120. The Hall–Kier alpha value is -4.37. The van der Waals surface area contributed by atoms with E-state index in [9.17, 15) is 18.8 Å². The van der Waals surface area contributed by atoms with Gasteiger partial charge in [-0.1, -0.05) is 23.7 Å². The van der Waals surface area contributed by atoms with Crippen molar-refractivity contribution in [2.24, 2.45) is 0 Å². The van der Waals surface area contributed by atoms with Gasteiger partial charge in [0.2, 0.25) is 0 Å². The summed E-state index contributed by atoms with van der Waals surface area (Å²) in [6.07, 6.45) is 0. The summed E-state index contributed by atoms with van der Waals surface area (Å²) < 4.78 is 24.6. The lowest BCUT2D eigenvalue weighted by atomic mass is 10.1. The molecule has 0 radical (unpaired) electrons. The van der Waals surface area contributed by atoms with Gasteiger partial charge in [-0.15, -0.1) is 0 Å². The van der Waals surface area contributed by atoms with Crippen LogP contribution in [0.4, 0.5) is 21.5 Å². The van der Waals surface area contributed by atoms with Crippen LogP contribution in [-0.2, 0) is 9.59 Å². The smallest absolute Gasteiger partial charge is 0.283 e. The molecule has 0 bridgehead atoms. The Bertz CT molecular complexity index is 1360.